The Morgan fingerprint density at radius 3 is 2.74 bits per heavy atom. The van der Waals surface area contributed by atoms with Gasteiger partial charge in [-0.3, -0.25) is 4.79 Å². The van der Waals surface area contributed by atoms with Crippen LogP contribution in [0.4, 0.5) is 17.3 Å². The Hall–Kier alpha value is -4.13. The van der Waals surface area contributed by atoms with Crippen molar-refractivity contribution < 1.29 is 28.8 Å². The lowest BCUT2D eigenvalue weighted by molar-refractivity contribution is -0.133. The van der Waals surface area contributed by atoms with Crippen LogP contribution in [-0.2, 0) is 9.53 Å². The minimum absolute atomic E-state index is 0.179. The molecule has 1 amide bonds. The number of nitrogens with zero attached hydrogens (tertiary/aromatic N) is 3. The molecule has 6 N–H and O–H groups in total. The van der Waals surface area contributed by atoms with Crippen LogP contribution >= 0.6 is 0 Å². The van der Waals surface area contributed by atoms with Gasteiger partial charge in [0.2, 0.25) is 11.9 Å². The van der Waals surface area contributed by atoms with Gasteiger partial charge in [-0.05, 0) is 36.4 Å². The largest absolute Gasteiger partial charge is 0.493 e. The molecule has 0 spiro atoms. The molecule has 1 saturated heterocycles. The maximum absolute atomic E-state index is 11.7. The van der Waals surface area contributed by atoms with Crippen LogP contribution in [0.2, 0.25) is 0 Å². The summed E-state index contributed by atoms with van der Waals surface area (Å²) in [5, 5.41) is 12.2. The van der Waals surface area contributed by atoms with E-state index < -0.39 is 6.61 Å². The Morgan fingerprint density at radius 1 is 1.13 bits per heavy atom. The Kier molecular flexibility index (Phi) is 9.73. The number of benzene rings is 2. The Morgan fingerprint density at radius 2 is 1.97 bits per heavy atom. The average molecular weight is 539 g/mol. The van der Waals surface area contributed by atoms with Gasteiger partial charge in [0.1, 0.15) is 25.1 Å². The first-order valence-electron chi connectivity index (χ1n) is 12.6. The number of rotatable bonds is 13. The van der Waals surface area contributed by atoms with Crippen molar-refractivity contribution in [1.29, 1.82) is 0 Å². The van der Waals surface area contributed by atoms with E-state index in [1.807, 2.05) is 12.1 Å². The van der Waals surface area contributed by atoms with E-state index in [1.54, 1.807) is 48.5 Å². The van der Waals surface area contributed by atoms with Crippen molar-refractivity contribution in [3.63, 3.8) is 0 Å². The highest BCUT2D eigenvalue weighted by Gasteiger charge is 2.27. The summed E-state index contributed by atoms with van der Waals surface area (Å²) >= 11 is 0. The number of carbonyl (C=O) groups excluding carboxylic acids is 1. The fourth-order valence-corrected chi connectivity index (χ4v) is 4.11. The molecule has 1 atom stereocenters. The molecular formula is C27H34N6O6. The molecule has 3 aromatic rings. The molecule has 12 heteroatoms. The van der Waals surface area contributed by atoms with Crippen molar-refractivity contribution in [2.75, 3.05) is 64.2 Å². The van der Waals surface area contributed by atoms with Gasteiger partial charge in [-0.25, -0.2) is 9.97 Å². The van der Waals surface area contributed by atoms with Gasteiger partial charge < -0.3 is 45.7 Å². The second kappa shape index (κ2) is 13.6. The summed E-state index contributed by atoms with van der Waals surface area (Å²) in [4.78, 5) is 22.2. The van der Waals surface area contributed by atoms with Crippen molar-refractivity contribution in [2.45, 2.75) is 12.5 Å². The van der Waals surface area contributed by atoms with Crippen LogP contribution in [0.25, 0.3) is 11.3 Å². The van der Waals surface area contributed by atoms with E-state index in [0.29, 0.717) is 80.5 Å². The smallest absolute Gasteiger partial charge is 0.248 e. The highest BCUT2D eigenvalue weighted by Crippen LogP contribution is 2.32. The summed E-state index contributed by atoms with van der Waals surface area (Å²) in [5.74, 6) is 1.79. The molecule has 1 unspecified atom stereocenters. The number of nitrogens with two attached hydrogens (primary N) is 2. The summed E-state index contributed by atoms with van der Waals surface area (Å²) in [6, 6.07) is 12.7. The molecule has 2 aromatic carbocycles. The van der Waals surface area contributed by atoms with Crippen LogP contribution in [0.5, 0.6) is 17.2 Å². The summed E-state index contributed by atoms with van der Waals surface area (Å²) in [7, 11) is 1.57. The lowest BCUT2D eigenvalue weighted by atomic mass is 10.1. The first-order chi connectivity index (χ1) is 19.0. The zero-order valence-electron chi connectivity index (χ0n) is 21.8. The van der Waals surface area contributed by atoms with Crippen LogP contribution in [-0.4, -0.2) is 85.2 Å². The van der Waals surface area contributed by atoms with Gasteiger partial charge in [0.25, 0.3) is 0 Å². The summed E-state index contributed by atoms with van der Waals surface area (Å²) in [5.41, 5.74) is 14.4. The minimum Gasteiger partial charge on any atom is -0.493 e. The number of nitrogen functional groups attached to an aromatic ring is 1. The highest BCUT2D eigenvalue weighted by molar-refractivity contribution is 5.77. The summed E-state index contributed by atoms with van der Waals surface area (Å²) in [6.07, 6.45) is 2.16. The van der Waals surface area contributed by atoms with Crippen LogP contribution < -0.4 is 31.0 Å². The van der Waals surface area contributed by atoms with Gasteiger partial charge in [-0.2, -0.15) is 0 Å². The fourth-order valence-electron chi connectivity index (χ4n) is 4.11. The summed E-state index contributed by atoms with van der Waals surface area (Å²) < 4.78 is 22.6. The second-order valence-corrected chi connectivity index (χ2v) is 8.78. The van der Waals surface area contributed by atoms with Gasteiger partial charge in [0.05, 0.1) is 38.2 Å². The number of aromatic nitrogens is 2. The van der Waals surface area contributed by atoms with E-state index in [1.165, 1.54) is 0 Å². The zero-order chi connectivity index (χ0) is 27.6. The van der Waals surface area contributed by atoms with Gasteiger partial charge in [0, 0.05) is 43.0 Å². The fraction of sp³-hybridized carbons (Fsp3) is 0.370. The summed E-state index contributed by atoms with van der Waals surface area (Å²) in [6.45, 7) is 2.23. The van der Waals surface area contributed by atoms with Gasteiger partial charge in [-0.1, -0.05) is 0 Å². The number of aliphatic hydroxyl groups is 1. The van der Waals surface area contributed by atoms with Crippen LogP contribution in [0.1, 0.15) is 6.42 Å². The first kappa shape index (κ1) is 27.9. The number of anilines is 3. The number of carbonyl (C=O) groups is 1. The molecular weight excluding hydrogens is 504 g/mol. The predicted octanol–water partition coefficient (Wildman–Crippen LogP) is 1.80. The van der Waals surface area contributed by atoms with E-state index in [9.17, 15) is 4.79 Å². The maximum atomic E-state index is 11.7. The molecule has 1 aromatic heterocycles. The van der Waals surface area contributed by atoms with E-state index in [4.69, 9.17) is 35.5 Å². The van der Waals surface area contributed by atoms with Crippen molar-refractivity contribution in [2.24, 2.45) is 5.73 Å². The van der Waals surface area contributed by atoms with Crippen molar-refractivity contribution in [3.05, 3.63) is 48.7 Å². The Balaban J connectivity index is 1.39. The molecule has 1 aliphatic heterocycles. The maximum Gasteiger partial charge on any atom is 0.248 e. The van der Waals surface area contributed by atoms with Crippen molar-refractivity contribution in [1.82, 2.24) is 14.9 Å². The third-order valence-electron chi connectivity index (χ3n) is 6.05. The van der Waals surface area contributed by atoms with Gasteiger partial charge >= 0.3 is 0 Å². The number of hydrogen-bond acceptors (Lipinski definition) is 11. The number of amides is 1. The topological polar surface area (TPSA) is 167 Å². The van der Waals surface area contributed by atoms with Crippen LogP contribution in [0.3, 0.4) is 0 Å². The molecule has 0 bridgehead atoms. The standard InChI is InChI=1S/C27H34N6O6/c1-36-25-15-19(3-5-24(25)38-13-12-37-11-8-28)31-27-30-9-6-22(32-27)18-2-4-23(21(29)14-18)39-20-7-10-33(16-20)26(35)17-34/h2-6,9,14-15,20,34H,7-8,10-13,16-17,28-29H2,1H3,(H,30,31,32). The van der Waals surface area contributed by atoms with Crippen molar-refractivity contribution in [3.8, 4) is 28.5 Å². The quantitative estimate of drug-likeness (QED) is 0.185. The number of likely N-dealkylation sites (tertiary alicyclic amines) is 1. The lowest BCUT2D eigenvalue weighted by Crippen LogP contribution is -2.32. The number of nitrogens with one attached hydrogen (secondary N) is 1. The van der Waals surface area contributed by atoms with E-state index >= 15 is 0 Å². The van der Waals surface area contributed by atoms with E-state index in [2.05, 4.69) is 15.3 Å². The molecule has 0 radical (unpaired) electrons. The molecule has 1 aliphatic rings. The van der Waals surface area contributed by atoms with Gasteiger partial charge in [0.15, 0.2) is 11.5 Å². The minimum atomic E-state index is -0.502. The average Bonchev–Trinajstić information content (AvgIpc) is 3.43. The Labute approximate surface area is 226 Å². The number of aliphatic hydroxyl groups excluding tert-OH is 1. The van der Waals surface area contributed by atoms with E-state index in [0.717, 1.165) is 11.3 Å². The molecule has 0 aliphatic carbocycles. The number of ether oxygens (including phenoxy) is 4. The number of hydrogen-bond donors (Lipinski definition) is 4. The van der Waals surface area contributed by atoms with E-state index in [-0.39, 0.29) is 12.0 Å². The van der Waals surface area contributed by atoms with Crippen LogP contribution in [0, 0.1) is 0 Å². The SMILES string of the molecule is COc1cc(Nc2nccc(-c3ccc(OC4CCN(C(=O)CO)C4)c(N)c3)n2)ccc1OCCOCCN. The first-order valence-corrected chi connectivity index (χ1v) is 12.6. The monoisotopic (exact) mass is 538 g/mol. The van der Waals surface area contributed by atoms with Gasteiger partial charge in [-0.15, -0.1) is 0 Å². The molecule has 39 heavy (non-hydrogen) atoms. The normalized spacial score (nSPS) is 14.7. The molecule has 208 valence electrons. The van der Waals surface area contributed by atoms with Crippen LogP contribution in [0.15, 0.2) is 48.7 Å². The second-order valence-electron chi connectivity index (χ2n) is 8.78. The lowest BCUT2D eigenvalue weighted by Gasteiger charge is -2.17. The molecule has 2 heterocycles. The molecule has 12 nitrogen and oxygen atoms in total. The highest BCUT2D eigenvalue weighted by atomic mass is 16.5. The third kappa shape index (κ3) is 7.47. The molecule has 4 rings (SSSR count). The molecule has 0 saturated carbocycles. The third-order valence-corrected chi connectivity index (χ3v) is 6.05. The zero-order valence-corrected chi connectivity index (χ0v) is 21.8. The predicted molar refractivity (Wildman–Crippen MR) is 146 cm³/mol. The molecule has 1 fully saturated rings. The van der Waals surface area contributed by atoms with Crippen molar-refractivity contribution >= 4 is 23.2 Å². The number of methoxy groups -OCH3 is 1. The Bertz CT molecular complexity index is 1260.